The normalized spacial score (nSPS) is 9.42. The molecular weight excluding hydrogens is 150 g/mol. The molecule has 12 heavy (non-hydrogen) atoms. The molecule has 0 aromatic heterocycles. The van der Waals surface area contributed by atoms with Crippen LogP contribution >= 0.6 is 0 Å². The van der Waals surface area contributed by atoms with Crippen molar-refractivity contribution in [3.05, 3.63) is 34.9 Å². The number of rotatable bonds is 2. The summed E-state index contributed by atoms with van der Waals surface area (Å²) in [6, 6.07) is 7.77. The molecular formula is C10H11NO. The predicted molar refractivity (Wildman–Crippen MR) is 46.4 cm³/mol. The third-order valence-electron chi connectivity index (χ3n) is 1.87. The Kier molecular flexibility index (Phi) is 2.84. The Morgan fingerprint density at radius 1 is 1.50 bits per heavy atom. The number of hydrogen-bond donors (Lipinski definition) is 1. The zero-order valence-electron chi connectivity index (χ0n) is 7.04. The maximum Gasteiger partial charge on any atom is 0.0681 e. The van der Waals surface area contributed by atoms with Crippen molar-refractivity contribution in [2.24, 2.45) is 0 Å². The predicted octanol–water partition coefficient (Wildman–Crippen LogP) is 1.55. The number of aliphatic hydroxyl groups is 1. The Morgan fingerprint density at radius 3 is 2.83 bits per heavy atom. The third kappa shape index (κ3) is 1.84. The van der Waals surface area contributed by atoms with Crippen LogP contribution in [0.4, 0.5) is 0 Å². The monoisotopic (exact) mass is 161 g/mol. The zero-order chi connectivity index (χ0) is 8.97. The average Bonchev–Trinajstić information content (AvgIpc) is 2.09. The minimum absolute atomic E-state index is 0.0404. The molecule has 0 atom stereocenters. The average molecular weight is 161 g/mol. The van der Waals surface area contributed by atoms with Crippen LogP contribution in [-0.2, 0) is 13.0 Å². The fraction of sp³-hybridized carbons (Fsp3) is 0.300. The van der Waals surface area contributed by atoms with Gasteiger partial charge in [0.1, 0.15) is 0 Å². The molecule has 0 fully saturated rings. The van der Waals surface area contributed by atoms with Crippen molar-refractivity contribution in [1.82, 2.24) is 0 Å². The molecule has 0 saturated heterocycles. The number of nitriles is 1. The summed E-state index contributed by atoms with van der Waals surface area (Å²) < 4.78 is 0. The fourth-order valence-corrected chi connectivity index (χ4v) is 1.10. The first-order chi connectivity index (χ1) is 5.77. The van der Waals surface area contributed by atoms with E-state index in [1.807, 2.05) is 25.1 Å². The molecule has 2 nitrogen and oxygen atoms in total. The van der Waals surface area contributed by atoms with Gasteiger partial charge in [-0.2, -0.15) is 5.26 Å². The number of benzene rings is 1. The van der Waals surface area contributed by atoms with Crippen LogP contribution in [0.2, 0.25) is 0 Å². The Bertz CT molecular complexity index is 312. The standard InChI is InChI=1S/C10H11NO/c1-8-2-3-9(7-12)6-10(8)4-5-11/h2-3,6,12H,4,7H2,1H3. The van der Waals surface area contributed by atoms with E-state index in [0.717, 1.165) is 16.7 Å². The van der Waals surface area contributed by atoms with Gasteiger partial charge in [-0.05, 0) is 23.6 Å². The van der Waals surface area contributed by atoms with E-state index in [-0.39, 0.29) is 6.61 Å². The molecule has 1 N–H and O–H groups in total. The first-order valence-electron chi connectivity index (χ1n) is 3.84. The molecule has 1 aromatic rings. The van der Waals surface area contributed by atoms with E-state index in [9.17, 15) is 0 Å². The zero-order valence-corrected chi connectivity index (χ0v) is 7.04. The van der Waals surface area contributed by atoms with Gasteiger partial charge in [-0.25, -0.2) is 0 Å². The molecule has 0 aliphatic heterocycles. The number of hydrogen-bond acceptors (Lipinski definition) is 2. The van der Waals surface area contributed by atoms with Gasteiger partial charge in [0.05, 0.1) is 19.1 Å². The molecule has 1 rings (SSSR count). The second-order valence-electron chi connectivity index (χ2n) is 2.75. The minimum Gasteiger partial charge on any atom is -0.392 e. The van der Waals surface area contributed by atoms with Crippen molar-refractivity contribution in [3.63, 3.8) is 0 Å². The van der Waals surface area contributed by atoms with Crippen molar-refractivity contribution in [3.8, 4) is 6.07 Å². The molecule has 62 valence electrons. The van der Waals surface area contributed by atoms with E-state index in [0.29, 0.717) is 6.42 Å². The molecule has 0 aliphatic rings. The lowest BCUT2D eigenvalue weighted by Gasteiger charge is -2.02. The van der Waals surface area contributed by atoms with Gasteiger partial charge < -0.3 is 5.11 Å². The van der Waals surface area contributed by atoms with Crippen molar-refractivity contribution in [2.75, 3.05) is 0 Å². The lowest BCUT2D eigenvalue weighted by molar-refractivity contribution is 0.281. The molecule has 0 saturated carbocycles. The maximum atomic E-state index is 8.84. The molecule has 2 heteroatoms. The topological polar surface area (TPSA) is 44.0 Å². The highest BCUT2D eigenvalue weighted by Gasteiger charge is 1.98. The van der Waals surface area contributed by atoms with E-state index < -0.39 is 0 Å². The summed E-state index contributed by atoms with van der Waals surface area (Å²) in [4.78, 5) is 0. The van der Waals surface area contributed by atoms with Crippen LogP contribution in [0, 0.1) is 18.3 Å². The third-order valence-corrected chi connectivity index (χ3v) is 1.87. The summed E-state index contributed by atoms with van der Waals surface area (Å²) in [5, 5.41) is 17.3. The van der Waals surface area contributed by atoms with Gasteiger partial charge in [-0.1, -0.05) is 18.2 Å². The smallest absolute Gasteiger partial charge is 0.0681 e. The van der Waals surface area contributed by atoms with E-state index in [4.69, 9.17) is 10.4 Å². The molecule has 1 aromatic carbocycles. The minimum atomic E-state index is 0.0404. The Balaban J connectivity index is 3.01. The molecule has 0 radical (unpaired) electrons. The summed E-state index contributed by atoms with van der Waals surface area (Å²) in [6.45, 7) is 2.01. The van der Waals surface area contributed by atoms with Crippen molar-refractivity contribution in [2.45, 2.75) is 20.0 Å². The van der Waals surface area contributed by atoms with E-state index >= 15 is 0 Å². The molecule has 0 heterocycles. The number of nitrogens with zero attached hydrogens (tertiary/aromatic N) is 1. The molecule has 0 spiro atoms. The van der Waals surface area contributed by atoms with E-state index in [1.54, 1.807) is 0 Å². The highest BCUT2D eigenvalue weighted by atomic mass is 16.3. The summed E-state index contributed by atoms with van der Waals surface area (Å²) in [6.07, 6.45) is 0.416. The van der Waals surface area contributed by atoms with E-state index in [2.05, 4.69) is 6.07 Å². The van der Waals surface area contributed by atoms with Gasteiger partial charge in [0.25, 0.3) is 0 Å². The lowest BCUT2D eigenvalue weighted by Crippen LogP contribution is -1.91. The fourth-order valence-electron chi connectivity index (χ4n) is 1.10. The second kappa shape index (κ2) is 3.89. The quantitative estimate of drug-likeness (QED) is 0.715. The van der Waals surface area contributed by atoms with Crippen molar-refractivity contribution in [1.29, 1.82) is 5.26 Å². The van der Waals surface area contributed by atoms with Gasteiger partial charge in [-0.3, -0.25) is 0 Å². The molecule has 0 bridgehead atoms. The summed E-state index contributed by atoms with van der Waals surface area (Å²) in [5.74, 6) is 0. The Labute approximate surface area is 72.1 Å². The van der Waals surface area contributed by atoms with Crippen LogP contribution in [0.25, 0.3) is 0 Å². The van der Waals surface area contributed by atoms with Crippen LogP contribution in [0.15, 0.2) is 18.2 Å². The Hall–Kier alpha value is -1.33. The van der Waals surface area contributed by atoms with Gasteiger partial charge in [0.2, 0.25) is 0 Å². The Morgan fingerprint density at radius 2 is 2.25 bits per heavy atom. The number of aliphatic hydroxyl groups excluding tert-OH is 1. The molecule has 0 aliphatic carbocycles. The van der Waals surface area contributed by atoms with Gasteiger partial charge >= 0.3 is 0 Å². The summed E-state index contributed by atoms with van der Waals surface area (Å²) in [5.41, 5.74) is 2.98. The highest BCUT2D eigenvalue weighted by molar-refractivity contribution is 5.32. The van der Waals surface area contributed by atoms with Crippen LogP contribution in [-0.4, -0.2) is 5.11 Å². The van der Waals surface area contributed by atoms with Crippen LogP contribution in [0.3, 0.4) is 0 Å². The van der Waals surface area contributed by atoms with Crippen molar-refractivity contribution >= 4 is 0 Å². The SMILES string of the molecule is Cc1ccc(CO)cc1CC#N. The lowest BCUT2D eigenvalue weighted by atomic mass is 10.0. The van der Waals surface area contributed by atoms with Crippen LogP contribution in [0.1, 0.15) is 16.7 Å². The first-order valence-corrected chi connectivity index (χ1v) is 3.84. The molecule has 0 unspecified atom stereocenters. The first kappa shape index (κ1) is 8.76. The van der Waals surface area contributed by atoms with Gasteiger partial charge in [0.15, 0.2) is 0 Å². The summed E-state index contributed by atoms with van der Waals surface area (Å²) in [7, 11) is 0. The number of aryl methyl sites for hydroxylation is 1. The maximum absolute atomic E-state index is 8.84. The largest absolute Gasteiger partial charge is 0.392 e. The summed E-state index contributed by atoms with van der Waals surface area (Å²) >= 11 is 0. The highest BCUT2D eigenvalue weighted by Crippen LogP contribution is 2.11. The van der Waals surface area contributed by atoms with Crippen molar-refractivity contribution < 1.29 is 5.11 Å². The van der Waals surface area contributed by atoms with Crippen LogP contribution in [0.5, 0.6) is 0 Å². The van der Waals surface area contributed by atoms with Crippen LogP contribution < -0.4 is 0 Å². The van der Waals surface area contributed by atoms with Gasteiger partial charge in [-0.15, -0.1) is 0 Å². The van der Waals surface area contributed by atoms with Gasteiger partial charge in [0, 0.05) is 0 Å². The van der Waals surface area contributed by atoms with E-state index in [1.165, 1.54) is 0 Å². The molecule has 0 amide bonds. The second-order valence-corrected chi connectivity index (χ2v) is 2.75.